The lowest BCUT2D eigenvalue weighted by Crippen LogP contribution is -2.32. The lowest BCUT2D eigenvalue weighted by Gasteiger charge is -2.24. The van der Waals surface area contributed by atoms with E-state index < -0.39 is 0 Å². The van der Waals surface area contributed by atoms with Crippen LogP contribution in [0.1, 0.15) is 35.2 Å². The average molecular weight is 440 g/mol. The zero-order valence-corrected chi connectivity index (χ0v) is 17.7. The topological polar surface area (TPSA) is 83.9 Å². The Hall–Kier alpha value is -4.20. The quantitative estimate of drug-likeness (QED) is 0.480. The molecule has 1 atom stereocenters. The van der Waals surface area contributed by atoms with E-state index in [0.717, 1.165) is 18.4 Å². The number of nitrogens with one attached hydrogen (secondary N) is 1. The maximum absolute atomic E-state index is 13.7. The number of anilines is 2. The van der Waals surface area contributed by atoms with Gasteiger partial charge in [-0.25, -0.2) is 14.4 Å². The SMILES string of the molecule is O=C(c1ccccn1)N1CCC[C@H]1c1nc(Nc2cccc(F)c2)cc(-c2ccncc2)n1. The highest BCUT2D eigenvalue weighted by atomic mass is 19.1. The van der Waals surface area contributed by atoms with Gasteiger partial charge in [-0.05, 0) is 55.3 Å². The molecule has 33 heavy (non-hydrogen) atoms. The van der Waals surface area contributed by atoms with E-state index in [1.807, 2.05) is 18.2 Å². The summed E-state index contributed by atoms with van der Waals surface area (Å²) in [5.74, 6) is 0.571. The van der Waals surface area contributed by atoms with Crippen LogP contribution in [0.4, 0.5) is 15.9 Å². The molecule has 1 aliphatic heterocycles. The molecule has 1 aliphatic rings. The Morgan fingerprint density at radius 3 is 2.67 bits per heavy atom. The molecule has 8 heteroatoms. The molecule has 5 rings (SSSR count). The zero-order valence-electron chi connectivity index (χ0n) is 17.7. The zero-order chi connectivity index (χ0) is 22.6. The van der Waals surface area contributed by atoms with Gasteiger partial charge in [0.2, 0.25) is 0 Å². The van der Waals surface area contributed by atoms with Crippen LogP contribution in [0, 0.1) is 5.82 Å². The molecule has 0 unspecified atom stereocenters. The number of carbonyl (C=O) groups is 1. The molecular weight excluding hydrogens is 419 g/mol. The summed E-state index contributed by atoms with van der Waals surface area (Å²) < 4.78 is 13.7. The van der Waals surface area contributed by atoms with Gasteiger partial charge in [0.25, 0.3) is 5.91 Å². The van der Waals surface area contributed by atoms with Crippen LogP contribution in [0.3, 0.4) is 0 Å². The molecule has 0 saturated carbocycles. The Balaban J connectivity index is 1.53. The van der Waals surface area contributed by atoms with Crippen molar-refractivity contribution < 1.29 is 9.18 Å². The van der Waals surface area contributed by atoms with Crippen LogP contribution in [0.15, 0.2) is 79.3 Å². The second-order valence-electron chi connectivity index (χ2n) is 7.74. The Morgan fingerprint density at radius 2 is 1.88 bits per heavy atom. The van der Waals surface area contributed by atoms with E-state index in [1.165, 1.54) is 12.1 Å². The van der Waals surface area contributed by atoms with E-state index in [2.05, 4.69) is 15.3 Å². The van der Waals surface area contributed by atoms with Crippen molar-refractivity contribution in [3.05, 3.63) is 96.6 Å². The fourth-order valence-electron chi connectivity index (χ4n) is 3.98. The third-order valence-corrected chi connectivity index (χ3v) is 5.51. The standard InChI is InChI=1S/C25H21FN6O/c26-18-5-3-6-19(15-18)29-23-16-21(17-9-12-27-13-10-17)30-24(31-23)22-8-4-14-32(22)25(33)20-7-1-2-11-28-20/h1-3,5-7,9-13,15-16,22H,4,8,14H2,(H,29,30,31)/t22-/m0/s1. The van der Waals surface area contributed by atoms with Crippen molar-refractivity contribution in [2.75, 3.05) is 11.9 Å². The van der Waals surface area contributed by atoms with Gasteiger partial charge >= 0.3 is 0 Å². The lowest BCUT2D eigenvalue weighted by atomic mass is 10.1. The minimum atomic E-state index is -0.341. The Kier molecular flexibility index (Phi) is 5.72. The van der Waals surface area contributed by atoms with Crippen molar-refractivity contribution in [1.82, 2.24) is 24.8 Å². The fourth-order valence-corrected chi connectivity index (χ4v) is 3.98. The number of hydrogen-bond acceptors (Lipinski definition) is 6. The molecule has 1 aromatic carbocycles. The van der Waals surface area contributed by atoms with E-state index in [4.69, 9.17) is 9.97 Å². The molecule has 7 nitrogen and oxygen atoms in total. The number of aromatic nitrogens is 4. The number of hydrogen-bond donors (Lipinski definition) is 1. The summed E-state index contributed by atoms with van der Waals surface area (Å²) in [6.45, 7) is 0.607. The van der Waals surface area contributed by atoms with Gasteiger partial charge in [0.05, 0.1) is 11.7 Å². The summed E-state index contributed by atoms with van der Waals surface area (Å²) in [5, 5.41) is 3.17. The number of halogens is 1. The van der Waals surface area contributed by atoms with Gasteiger partial charge in [-0.15, -0.1) is 0 Å². The van der Waals surface area contributed by atoms with Crippen LogP contribution >= 0.6 is 0 Å². The summed E-state index contributed by atoms with van der Waals surface area (Å²) in [6, 6.07) is 16.7. The van der Waals surface area contributed by atoms with Crippen LogP contribution in [0.5, 0.6) is 0 Å². The fraction of sp³-hybridized carbons (Fsp3) is 0.160. The molecule has 1 amide bonds. The Bertz CT molecular complexity index is 1270. The molecule has 0 bridgehead atoms. The van der Waals surface area contributed by atoms with Crippen molar-refractivity contribution >= 4 is 17.4 Å². The smallest absolute Gasteiger partial charge is 0.273 e. The van der Waals surface area contributed by atoms with Crippen molar-refractivity contribution in [3.63, 3.8) is 0 Å². The molecule has 3 aromatic heterocycles. The highest BCUT2D eigenvalue weighted by Crippen LogP contribution is 2.33. The summed E-state index contributed by atoms with van der Waals surface area (Å²) in [6.07, 6.45) is 6.60. The van der Waals surface area contributed by atoms with E-state index >= 15 is 0 Å². The third kappa shape index (κ3) is 4.55. The Labute approximate surface area is 190 Å². The summed E-state index contributed by atoms with van der Waals surface area (Å²) in [7, 11) is 0. The number of rotatable bonds is 5. The number of benzene rings is 1. The first kappa shape index (κ1) is 20.7. The number of likely N-dealkylation sites (tertiary alicyclic amines) is 1. The van der Waals surface area contributed by atoms with Gasteiger partial charge in [-0.2, -0.15) is 0 Å². The third-order valence-electron chi connectivity index (χ3n) is 5.51. The summed E-state index contributed by atoms with van der Waals surface area (Å²) in [5.41, 5.74) is 2.54. The summed E-state index contributed by atoms with van der Waals surface area (Å²) >= 11 is 0. The predicted molar refractivity (Wildman–Crippen MR) is 122 cm³/mol. The highest BCUT2D eigenvalue weighted by molar-refractivity contribution is 5.92. The first-order valence-electron chi connectivity index (χ1n) is 10.7. The van der Waals surface area contributed by atoms with E-state index in [-0.39, 0.29) is 17.8 Å². The van der Waals surface area contributed by atoms with Gasteiger partial charge < -0.3 is 10.2 Å². The molecule has 0 spiro atoms. The maximum atomic E-state index is 13.7. The number of carbonyl (C=O) groups excluding carboxylic acids is 1. The minimum absolute atomic E-state index is 0.143. The van der Waals surface area contributed by atoms with E-state index in [1.54, 1.807) is 53.8 Å². The first-order chi connectivity index (χ1) is 16.2. The van der Waals surface area contributed by atoms with E-state index in [0.29, 0.717) is 35.3 Å². The molecular formula is C25H21FN6O. The van der Waals surface area contributed by atoms with Crippen LogP contribution in [-0.4, -0.2) is 37.3 Å². The molecule has 0 radical (unpaired) electrons. The lowest BCUT2D eigenvalue weighted by molar-refractivity contribution is 0.0724. The predicted octanol–water partition coefficient (Wildman–Crippen LogP) is 4.79. The van der Waals surface area contributed by atoms with E-state index in [9.17, 15) is 9.18 Å². The minimum Gasteiger partial charge on any atom is -0.340 e. The average Bonchev–Trinajstić information content (AvgIpc) is 3.35. The van der Waals surface area contributed by atoms with Crippen LogP contribution in [-0.2, 0) is 0 Å². The Morgan fingerprint density at radius 1 is 1.00 bits per heavy atom. The molecule has 4 aromatic rings. The summed E-state index contributed by atoms with van der Waals surface area (Å²) in [4.78, 5) is 32.7. The molecule has 1 saturated heterocycles. The number of amides is 1. The molecule has 0 aliphatic carbocycles. The van der Waals surface area contributed by atoms with Gasteiger partial charge in [-0.3, -0.25) is 14.8 Å². The van der Waals surface area contributed by atoms with Gasteiger partial charge in [0.15, 0.2) is 5.82 Å². The van der Waals surface area contributed by atoms with Gasteiger partial charge in [0, 0.05) is 42.5 Å². The van der Waals surface area contributed by atoms with Crippen LogP contribution in [0.25, 0.3) is 11.3 Å². The largest absolute Gasteiger partial charge is 0.340 e. The van der Waals surface area contributed by atoms with Crippen molar-refractivity contribution in [3.8, 4) is 11.3 Å². The van der Waals surface area contributed by atoms with Crippen LogP contribution in [0.2, 0.25) is 0 Å². The second-order valence-corrected chi connectivity index (χ2v) is 7.74. The van der Waals surface area contributed by atoms with Crippen molar-refractivity contribution in [2.24, 2.45) is 0 Å². The monoisotopic (exact) mass is 440 g/mol. The van der Waals surface area contributed by atoms with Crippen molar-refractivity contribution in [1.29, 1.82) is 0 Å². The normalized spacial score (nSPS) is 15.4. The highest BCUT2D eigenvalue weighted by Gasteiger charge is 2.33. The second kappa shape index (κ2) is 9.12. The molecule has 1 fully saturated rings. The number of nitrogens with zero attached hydrogens (tertiary/aromatic N) is 5. The van der Waals surface area contributed by atoms with Crippen LogP contribution < -0.4 is 5.32 Å². The molecule has 1 N–H and O–H groups in total. The van der Waals surface area contributed by atoms with Gasteiger partial charge in [-0.1, -0.05) is 12.1 Å². The first-order valence-corrected chi connectivity index (χ1v) is 10.7. The van der Waals surface area contributed by atoms with Crippen molar-refractivity contribution in [2.45, 2.75) is 18.9 Å². The van der Waals surface area contributed by atoms with Gasteiger partial charge in [0.1, 0.15) is 17.3 Å². The molecule has 4 heterocycles. The maximum Gasteiger partial charge on any atom is 0.273 e. The molecule has 164 valence electrons. The number of pyridine rings is 2.